The number of anilines is 1. The average Bonchev–Trinajstić information content (AvgIpc) is 3.66. The molecule has 0 spiro atoms. The van der Waals surface area contributed by atoms with Crippen LogP contribution in [0.2, 0.25) is 0 Å². The fraction of sp³-hybridized carbons (Fsp3) is 0.423. The molecule has 1 N–H and O–H groups in total. The van der Waals surface area contributed by atoms with E-state index in [1.54, 1.807) is 36.7 Å². The summed E-state index contributed by atoms with van der Waals surface area (Å²) < 4.78 is 0. The minimum absolute atomic E-state index is 0.0542. The number of rotatable bonds is 7. The number of amides is 3. The summed E-state index contributed by atoms with van der Waals surface area (Å²) in [6, 6.07) is 11.1. The van der Waals surface area contributed by atoms with Gasteiger partial charge in [-0.3, -0.25) is 19.4 Å². The first kappa shape index (κ1) is 23.5. The van der Waals surface area contributed by atoms with Crippen molar-refractivity contribution < 1.29 is 14.4 Å². The molecule has 1 aromatic carbocycles. The van der Waals surface area contributed by atoms with Gasteiger partial charge in [-0.05, 0) is 68.0 Å². The van der Waals surface area contributed by atoms with Crippen LogP contribution in [0.1, 0.15) is 54.4 Å². The van der Waals surface area contributed by atoms with E-state index in [4.69, 9.17) is 0 Å². The molecule has 1 atom stereocenters. The Labute approximate surface area is 209 Å². The lowest BCUT2D eigenvalue weighted by atomic mass is 10.1. The summed E-state index contributed by atoms with van der Waals surface area (Å²) in [5.74, 6) is -0.557. The summed E-state index contributed by atoms with van der Waals surface area (Å²) in [4.78, 5) is 50.7. The van der Waals surface area contributed by atoms with Crippen LogP contribution in [0.5, 0.6) is 0 Å². The maximum Gasteiger partial charge on any atom is 0.262 e. The molecular weight excluding hydrogens is 462 g/mol. The van der Waals surface area contributed by atoms with Crippen molar-refractivity contribution in [1.82, 2.24) is 14.8 Å². The third-order valence-corrected chi connectivity index (χ3v) is 7.68. The summed E-state index contributed by atoms with van der Waals surface area (Å²) in [6.45, 7) is 2.36. The first-order valence-corrected chi connectivity index (χ1v) is 13.1. The Morgan fingerprint density at radius 2 is 1.86 bits per heavy atom. The van der Waals surface area contributed by atoms with E-state index in [0.29, 0.717) is 17.8 Å². The van der Waals surface area contributed by atoms with Gasteiger partial charge in [0.05, 0.1) is 0 Å². The van der Waals surface area contributed by atoms with Crippen LogP contribution in [0.4, 0.5) is 5.69 Å². The molecule has 3 aliphatic rings. The van der Waals surface area contributed by atoms with Gasteiger partial charge in [-0.1, -0.05) is 17.8 Å². The number of hydrogen-bond donors (Lipinski definition) is 1. The van der Waals surface area contributed by atoms with E-state index in [2.05, 4.69) is 20.2 Å². The largest absolute Gasteiger partial charge is 0.351 e. The van der Waals surface area contributed by atoms with Gasteiger partial charge in [-0.25, -0.2) is 0 Å². The fourth-order valence-electron chi connectivity index (χ4n) is 4.44. The van der Waals surface area contributed by atoms with Gasteiger partial charge in [0.1, 0.15) is 5.25 Å². The molecular formula is C26H29N5O3S. The molecule has 0 radical (unpaired) electrons. The smallest absolute Gasteiger partial charge is 0.262 e. The molecule has 1 saturated heterocycles. The molecule has 9 heteroatoms. The van der Waals surface area contributed by atoms with Crippen molar-refractivity contribution >= 4 is 40.3 Å². The zero-order valence-corrected chi connectivity index (χ0v) is 20.4. The minimum Gasteiger partial charge on any atom is -0.351 e. The normalized spacial score (nSPS) is 19.9. The van der Waals surface area contributed by atoms with Gasteiger partial charge in [0.25, 0.3) is 11.8 Å². The second-order valence-electron chi connectivity index (χ2n) is 9.24. The first-order chi connectivity index (χ1) is 17.1. The topological polar surface area (TPSA) is 95.0 Å². The molecule has 5 rings (SSSR count). The molecule has 3 amide bonds. The average molecular weight is 492 g/mol. The number of amidine groups is 1. The van der Waals surface area contributed by atoms with E-state index in [1.807, 2.05) is 17.0 Å². The number of nitrogens with one attached hydrogen (secondary N) is 1. The molecule has 182 valence electrons. The van der Waals surface area contributed by atoms with Gasteiger partial charge in [0, 0.05) is 55.7 Å². The third-order valence-electron chi connectivity index (χ3n) is 6.47. The van der Waals surface area contributed by atoms with Crippen molar-refractivity contribution in [2.75, 3.05) is 18.4 Å². The van der Waals surface area contributed by atoms with E-state index < -0.39 is 5.25 Å². The number of thioether (sulfide) groups is 1. The fourth-order valence-corrected chi connectivity index (χ4v) is 5.56. The maximum absolute atomic E-state index is 13.3. The predicted octanol–water partition coefficient (Wildman–Crippen LogP) is 3.70. The maximum atomic E-state index is 13.3. The number of carbonyl (C=O) groups is 3. The lowest BCUT2D eigenvalue weighted by Crippen LogP contribution is -2.33. The SMILES string of the molecule is O=C(CC1SC(N2CCCCC2)=NC1=O)Nc1cccc(C(=O)N(Cc2ccncc2)C2CC2)c1. The predicted molar refractivity (Wildman–Crippen MR) is 136 cm³/mol. The summed E-state index contributed by atoms with van der Waals surface area (Å²) in [6.07, 6.45) is 8.94. The Bertz CT molecular complexity index is 1130. The number of carbonyl (C=O) groups excluding carboxylic acids is 3. The third kappa shape index (κ3) is 5.90. The van der Waals surface area contributed by atoms with Crippen molar-refractivity contribution in [3.05, 3.63) is 59.9 Å². The Hall–Kier alpha value is -3.20. The monoisotopic (exact) mass is 491 g/mol. The first-order valence-electron chi connectivity index (χ1n) is 12.2. The van der Waals surface area contributed by atoms with Gasteiger partial charge < -0.3 is 15.1 Å². The van der Waals surface area contributed by atoms with Crippen molar-refractivity contribution in [3.63, 3.8) is 0 Å². The van der Waals surface area contributed by atoms with Crippen LogP contribution in [0, 0.1) is 0 Å². The Balaban J connectivity index is 1.19. The van der Waals surface area contributed by atoms with Crippen LogP contribution in [0.3, 0.4) is 0 Å². The number of aromatic nitrogens is 1. The van der Waals surface area contributed by atoms with E-state index in [0.717, 1.165) is 49.5 Å². The van der Waals surface area contributed by atoms with Crippen LogP contribution in [-0.2, 0) is 16.1 Å². The van der Waals surface area contributed by atoms with Crippen LogP contribution in [0.25, 0.3) is 0 Å². The van der Waals surface area contributed by atoms with E-state index in [9.17, 15) is 14.4 Å². The van der Waals surface area contributed by atoms with Gasteiger partial charge >= 0.3 is 0 Å². The number of likely N-dealkylation sites (tertiary alicyclic amines) is 1. The molecule has 2 aromatic rings. The van der Waals surface area contributed by atoms with Crippen molar-refractivity contribution in [2.45, 2.75) is 56.4 Å². The second kappa shape index (κ2) is 10.6. The van der Waals surface area contributed by atoms with Crippen LogP contribution in [0.15, 0.2) is 53.8 Å². The number of nitrogens with zero attached hydrogens (tertiary/aromatic N) is 4. The van der Waals surface area contributed by atoms with Crippen LogP contribution < -0.4 is 5.32 Å². The van der Waals surface area contributed by atoms with E-state index >= 15 is 0 Å². The number of pyridine rings is 1. The molecule has 35 heavy (non-hydrogen) atoms. The van der Waals surface area contributed by atoms with Crippen molar-refractivity contribution in [3.8, 4) is 0 Å². The quantitative estimate of drug-likeness (QED) is 0.635. The zero-order valence-electron chi connectivity index (χ0n) is 19.6. The molecule has 8 nitrogen and oxygen atoms in total. The second-order valence-corrected chi connectivity index (χ2v) is 10.4. The molecule has 0 bridgehead atoms. The summed E-state index contributed by atoms with van der Waals surface area (Å²) in [7, 11) is 0. The van der Waals surface area contributed by atoms with Gasteiger partial charge in [0.2, 0.25) is 5.91 Å². The Morgan fingerprint density at radius 1 is 1.09 bits per heavy atom. The highest BCUT2D eigenvalue weighted by Crippen LogP contribution is 2.31. The Morgan fingerprint density at radius 3 is 2.60 bits per heavy atom. The van der Waals surface area contributed by atoms with Gasteiger partial charge in [-0.2, -0.15) is 4.99 Å². The number of aliphatic imine (C=N–C) groups is 1. The molecule has 2 fully saturated rings. The highest BCUT2D eigenvalue weighted by molar-refractivity contribution is 8.15. The molecule has 1 aromatic heterocycles. The highest BCUT2D eigenvalue weighted by atomic mass is 32.2. The van der Waals surface area contributed by atoms with Gasteiger partial charge in [0.15, 0.2) is 5.17 Å². The van der Waals surface area contributed by atoms with E-state index in [-0.39, 0.29) is 30.2 Å². The Kier molecular flexibility index (Phi) is 7.13. The lowest BCUT2D eigenvalue weighted by Gasteiger charge is -2.27. The summed E-state index contributed by atoms with van der Waals surface area (Å²) >= 11 is 1.39. The highest BCUT2D eigenvalue weighted by Gasteiger charge is 2.34. The van der Waals surface area contributed by atoms with Crippen LogP contribution >= 0.6 is 11.8 Å². The van der Waals surface area contributed by atoms with Crippen LogP contribution in [-0.4, -0.2) is 62.1 Å². The number of piperidine rings is 1. The number of benzene rings is 1. The molecule has 3 heterocycles. The summed E-state index contributed by atoms with van der Waals surface area (Å²) in [5.41, 5.74) is 2.12. The minimum atomic E-state index is -0.498. The summed E-state index contributed by atoms with van der Waals surface area (Å²) in [5, 5.41) is 3.11. The molecule has 1 saturated carbocycles. The number of hydrogen-bond acceptors (Lipinski definition) is 6. The van der Waals surface area contributed by atoms with Crippen molar-refractivity contribution in [2.24, 2.45) is 4.99 Å². The standard InChI is InChI=1S/C26H29N5O3S/c32-23(16-22-24(33)29-26(35-22)30-13-2-1-3-14-30)28-20-6-4-5-19(15-20)25(34)31(21-7-8-21)17-18-9-11-27-12-10-18/h4-6,9-12,15,21-22H,1-3,7-8,13-14,16-17H2,(H,28,32). The molecule has 1 unspecified atom stereocenters. The zero-order chi connectivity index (χ0) is 24.2. The van der Waals surface area contributed by atoms with Gasteiger partial charge in [-0.15, -0.1) is 0 Å². The van der Waals surface area contributed by atoms with E-state index in [1.165, 1.54) is 18.2 Å². The molecule has 1 aliphatic carbocycles. The molecule has 2 aliphatic heterocycles. The lowest BCUT2D eigenvalue weighted by molar-refractivity contribution is -0.121. The van der Waals surface area contributed by atoms with Crippen molar-refractivity contribution in [1.29, 1.82) is 0 Å².